The molecule has 0 fully saturated rings. The topological polar surface area (TPSA) is 53.5 Å². The Hall–Kier alpha value is -0.910. The van der Waals surface area contributed by atoms with Gasteiger partial charge in [-0.05, 0) is 45.4 Å². The summed E-state index contributed by atoms with van der Waals surface area (Å²) in [6, 6.07) is 5.78. The molecule has 2 atom stereocenters. The smallest absolute Gasteiger partial charge is 0.231 e. The lowest BCUT2D eigenvalue weighted by Gasteiger charge is -2.26. The SMILES string of the molecule is C[C@H](N[S+]([O-])C(C)(C)C)c1ccc2c(c1)OCO2. The molecule has 1 aliphatic heterocycles. The molecule has 0 aromatic heterocycles. The molecular formula is C13H19NO3S. The van der Waals surface area contributed by atoms with Crippen LogP contribution in [0.15, 0.2) is 18.2 Å². The molecule has 4 nitrogen and oxygen atoms in total. The van der Waals surface area contributed by atoms with Gasteiger partial charge in [0.15, 0.2) is 11.5 Å². The fourth-order valence-electron chi connectivity index (χ4n) is 1.59. The summed E-state index contributed by atoms with van der Waals surface area (Å²) in [5.74, 6) is 1.52. The number of rotatable bonds is 3. The maximum atomic E-state index is 12.0. The fourth-order valence-corrected chi connectivity index (χ4v) is 2.40. The highest BCUT2D eigenvalue weighted by molar-refractivity contribution is 7.90. The van der Waals surface area contributed by atoms with E-state index in [0.29, 0.717) is 0 Å². The molecule has 1 heterocycles. The second-order valence-electron chi connectivity index (χ2n) is 5.33. The van der Waals surface area contributed by atoms with Crippen LogP contribution in [0.1, 0.15) is 39.3 Å². The predicted octanol–water partition coefficient (Wildman–Crippen LogP) is 2.53. The molecule has 1 aromatic rings. The third-order valence-electron chi connectivity index (χ3n) is 2.74. The summed E-state index contributed by atoms with van der Waals surface area (Å²) < 4.78 is 25.5. The van der Waals surface area contributed by atoms with Gasteiger partial charge in [-0.15, -0.1) is 4.72 Å². The summed E-state index contributed by atoms with van der Waals surface area (Å²) in [7, 11) is 0. The van der Waals surface area contributed by atoms with E-state index >= 15 is 0 Å². The zero-order chi connectivity index (χ0) is 13.3. The van der Waals surface area contributed by atoms with E-state index in [1.807, 2.05) is 45.9 Å². The first-order valence-electron chi connectivity index (χ1n) is 5.95. The van der Waals surface area contributed by atoms with Crippen molar-refractivity contribution in [3.05, 3.63) is 23.8 Å². The van der Waals surface area contributed by atoms with Crippen LogP contribution in [0.4, 0.5) is 0 Å². The minimum absolute atomic E-state index is 0.000409. The molecule has 100 valence electrons. The van der Waals surface area contributed by atoms with E-state index in [0.717, 1.165) is 17.1 Å². The Morgan fingerprint density at radius 1 is 1.28 bits per heavy atom. The van der Waals surface area contributed by atoms with Crippen molar-refractivity contribution in [3.63, 3.8) is 0 Å². The summed E-state index contributed by atoms with van der Waals surface area (Å²) >= 11 is -1.09. The van der Waals surface area contributed by atoms with E-state index in [1.165, 1.54) is 0 Å². The van der Waals surface area contributed by atoms with Crippen LogP contribution < -0.4 is 14.2 Å². The molecule has 0 aliphatic carbocycles. The monoisotopic (exact) mass is 269 g/mol. The number of ether oxygens (including phenoxy) is 2. The average molecular weight is 269 g/mol. The van der Waals surface area contributed by atoms with Crippen LogP contribution in [0.25, 0.3) is 0 Å². The fraction of sp³-hybridized carbons (Fsp3) is 0.538. The highest BCUT2D eigenvalue weighted by Crippen LogP contribution is 2.34. The standard InChI is InChI=1S/C13H19NO3S/c1-9(14-18(15)13(2,3)4)10-5-6-11-12(7-10)17-8-16-11/h5-7,9,14H,8H2,1-4H3/t9-,18?/m0/s1. The van der Waals surface area contributed by atoms with Crippen LogP contribution in [-0.4, -0.2) is 16.1 Å². The Bertz CT molecular complexity index is 431. The molecule has 0 amide bonds. The lowest BCUT2D eigenvalue weighted by atomic mass is 10.1. The van der Waals surface area contributed by atoms with Crippen molar-refractivity contribution in [2.24, 2.45) is 0 Å². The molecule has 0 spiro atoms. The van der Waals surface area contributed by atoms with Gasteiger partial charge < -0.3 is 14.0 Å². The highest BCUT2D eigenvalue weighted by atomic mass is 32.2. The summed E-state index contributed by atoms with van der Waals surface area (Å²) in [5, 5.41) is 0. The minimum Gasteiger partial charge on any atom is -0.598 e. The van der Waals surface area contributed by atoms with E-state index < -0.39 is 11.4 Å². The van der Waals surface area contributed by atoms with Crippen molar-refractivity contribution in [1.82, 2.24) is 4.72 Å². The Labute approximate surface area is 111 Å². The minimum atomic E-state index is -1.09. The van der Waals surface area contributed by atoms with Gasteiger partial charge in [-0.3, -0.25) is 0 Å². The van der Waals surface area contributed by atoms with Gasteiger partial charge in [0.25, 0.3) is 0 Å². The second-order valence-corrected chi connectivity index (χ2v) is 7.33. The number of hydrogen-bond acceptors (Lipinski definition) is 4. The zero-order valence-corrected chi connectivity index (χ0v) is 12.0. The van der Waals surface area contributed by atoms with E-state index in [4.69, 9.17) is 9.47 Å². The lowest BCUT2D eigenvalue weighted by molar-refractivity contribution is 0.174. The summed E-state index contributed by atoms with van der Waals surface area (Å²) in [6.45, 7) is 8.10. The quantitative estimate of drug-likeness (QED) is 0.857. The van der Waals surface area contributed by atoms with Gasteiger partial charge >= 0.3 is 0 Å². The van der Waals surface area contributed by atoms with Crippen molar-refractivity contribution >= 4 is 11.4 Å². The van der Waals surface area contributed by atoms with Gasteiger partial charge in [0, 0.05) is 11.4 Å². The summed E-state index contributed by atoms with van der Waals surface area (Å²) in [6.07, 6.45) is 0. The van der Waals surface area contributed by atoms with Crippen molar-refractivity contribution < 1.29 is 14.0 Å². The van der Waals surface area contributed by atoms with E-state index in [2.05, 4.69) is 4.72 Å². The predicted molar refractivity (Wildman–Crippen MR) is 72.0 cm³/mol. The van der Waals surface area contributed by atoms with Gasteiger partial charge in [-0.2, -0.15) is 0 Å². The normalized spacial score (nSPS) is 17.6. The summed E-state index contributed by atoms with van der Waals surface area (Å²) in [4.78, 5) is 0. The Kier molecular flexibility index (Phi) is 3.75. The third kappa shape index (κ3) is 2.91. The van der Waals surface area contributed by atoms with Crippen molar-refractivity contribution in [2.75, 3.05) is 6.79 Å². The zero-order valence-electron chi connectivity index (χ0n) is 11.1. The molecule has 2 rings (SSSR count). The molecule has 0 radical (unpaired) electrons. The number of fused-ring (bicyclic) bond motifs is 1. The maximum absolute atomic E-state index is 12.0. The van der Waals surface area contributed by atoms with Crippen molar-refractivity contribution in [1.29, 1.82) is 0 Å². The van der Waals surface area contributed by atoms with Gasteiger partial charge in [-0.1, -0.05) is 6.07 Å². The van der Waals surface area contributed by atoms with E-state index in [-0.39, 0.29) is 17.6 Å². The Morgan fingerprint density at radius 3 is 2.61 bits per heavy atom. The van der Waals surface area contributed by atoms with Crippen LogP contribution in [0.3, 0.4) is 0 Å². The first-order chi connectivity index (χ1) is 8.38. The molecule has 1 aliphatic rings. The molecular weight excluding hydrogens is 250 g/mol. The first-order valence-corrected chi connectivity index (χ1v) is 7.10. The molecule has 18 heavy (non-hydrogen) atoms. The van der Waals surface area contributed by atoms with E-state index in [1.54, 1.807) is 0 Å². The van der Waals surface area contributed by atoms with Crippen molar-refractivity contribution in [2.45, 2.75) is 38.5 Å². The molecule has 0 saturated heterocycles. The molecule has 5 heteroatoms. The van der Waals surface area contributed by atoms with Gasteiger partial charge in [0.1, 0.15) is 4.75 Å². The first kappa shape index (κ1) is 13.5. The van der Waals surface area contributed by atoms with Gasteiger partial charge in [0.05, 0.1) is 6.04 Å². The highest BCUT2D eigenvalue weighted by Gasteiger charge is 2.28. The summed E-state index contributed by atoms with van der Waals surface area (Å²) in [5.41, 5.74) is 1.04. The lowest BCUT2D eigenvalue weighted by Crippen LogP contribution is -2.40. The van der Waals surface area contributed by atoms with Gasteiger partial charge in [-0.25, -0.2) is 0 Å². The maximum Gasteiger partial charge on any atom is 0.231 e. The third-order valence-corrected chi connectivity index (χ3v) is 4.42. The number of hydrogen-bond donors (Lipinski definition) is 1. The molecule has 1 aromatic carbocycles. The number of benzene rings is 1. The molecule has 0 saturated carbocycles. The molecule has 1 unspecified atom stereocenters. The van der Waals surface area contributed by atoms with Crippen LogP contribution in [0, 0.1) is 0 Å². The van der Waals surface area contributed by atoms with Crippen LogP contribution in [0.2, 0.25) is 0 Å². The van der Waals surface area contributed by atoms with E-state index in [9.17, 15) is 4.55 Å². The van der Waals surface area contributed by atoms with Crippen LogP contribution >= 0.6 is 0 Å². The van der Waals surface area contributed by atoms with Gasteiger partial charge in [0.2, 0.25) is 6.79 Å². The van der Waals surface area contributed by atoms with Crippen molar-refractivity contribution in [3.8, 4) is 11.5 Å². The molecule has 1 N–H and O–H groups in total. The van der Waals surface area contributed by atoms with Crippen LogP contribution in [-0.2, 0) is 11.4 Å². The molecule has 0 bridgehead atoms. The second kappa shape index (κ2) is 4.99. The number of nitrogens with one attached hydrogen (secondary N) is 1. The average Bonchev–Trinajstić information content (AvgIpc) is 2.74. The Balaban J connectivity index is 2.07. The van der Waals surface area contributed by atoms with Crippen LogP contribution in [0.5, 0.6) is 11.5 Å². The largest absolute Gasteiger partial charge is 0.598 e. The Morgan fingerprint density at radius 2 is 1.94 bits per heavy atom.